The maximum absolute atomic E-state index is 6.20. The number of benzene rings is 1. The molecule has 2 rings (SSSR count). The highest BCUT2D eigenvalue weighted by molar-refractivity contribution is 9.10. The third kappa shape index (κ3) is 2.68. The lowest BCUT2D eigenvalue weighted by molar-refractivity contribution is 0.718. The van der Waals surface area contributed by atoms with Crippen LogP contribution in [-0.2, 0) is 7.05 Å². The van der Waals surface area contributed by atoms with Crippen molar-refractivity contribution in [1.29, 1.82) is 0 Å². The lowest BCUT2D eigenvalue weighted by atomic mass is 10.1. The van der Waals surface area contributed by atoms with Crippen LogP contribution in [0.1, 0.15) is 36.6 Å². The summed E-state index contributed by atoms with van der Waals surface area (Å²) in [6.45, 7) is 8.34. The Balaban J connectivity index is 2.40. The molecule has 0 aliphatic carbocycles. The third-order valence-corrected chi connectivity index (χ3v) is 4.61. The van der Waals surface area contributed by atoms with Gasteiger partial charge in [-0.25, -0.2) is 0 Å². The van der Waals surface area contributed by atoms with E-state index >= 15 is 0 Å². The highest BCUT2D eigenvalue weighted by Gasteiger charge is 2.16. The standard InChI is InChI=1S/C15H21BrN4/c1-8(2)14-13(17)15(20(5)19-14)18-11-6-9(3)12(16)10(4)7-11/h6-8,18H,17H2,1-5H3. The summed E-state index contributed by atoms with van der Waals surface area (Å²) in [5.74, 6) is 1.15. The lowest BCUT2D eigenvalue weighted by Gasteiger charge is -2.11. The number of aromatic nitrogens is 2. The van der Waals surface area contributed by atoms with Crippen molar-refractivity contribution in [3.8, 4) is 0 Å². The molecule has 0 radical (unpaired) electrons. The Morgan fingerprint density at radius 1 is 1.25 bits per heavy atom. The van der Waals surface area contributed by atoms with E-state index in [4.69, 9.17) is 5.73 Å². The second-order valence-electron chi connectivity index (χ2n) is 5.47. The normalized spacial score (nSPS) is 11.2. The minimum Gasteiger partial charge on any atom is -0.394 e. The van der Waals surface area contributed by atoms with Gasteiger partial charge in [-0.1, -0.05) is 29.8 Å². The Morgan fingerprint density at radius 2 is 1.80 bits per heavy atom. The molecule has 0 aliphatic rings. The molecule has 4 nitrogen and oxygen atoms in total. The number of nitrogens with one attached hydrogen (secondary N) is 1. The summed E-state index contributed by atoms with van der Waals surface area (Å²) in [4.78, 5) is 0. The van der Waals surface area contributed by atoms with E-state index in [-0.39, 0.29) is 0 Å². The van der Waals surface area contributed by atoms with E-state index in [1.54, 1.807) is 4.68 Å². The topological polar surface area (TPSA) is 55.9 Å². The van der Waals surface area contributed by atoms with Crippen LogP contribution in [0.5, 0.6) is 0 Å². The molecule has 3 N–H and O–H groups in total. The van der Waals surface area contributed by atoms with Crippen molar-refractivity contribution in [3.63, 3.8) is 0 Å². The highest BCUT2D eigenvalue weighted by Crippen LogP contribution is 2.32. The zero-order valence-corrected chi connectivity index (χ0v) is 14.2. The molecule has 1 aromatic heterocycles. The highest BCUT2D eigenvalue weighted by atomic mass is 79.9. The fourth-order valence-corrected chi connectivity index (χ4v) is 2.52. The second kappa shape index (κ2) is 5.48. The summed E-state index contributed by atoms with van der Waals surface area (Å²) in [5.41, 5.74) is 11.3. The smallest absolute Gasteiger partial charge is 0.152 e. The number of nitrogen functional groups attached to an aromatic ring is 1. The molecule has 0 saturated carbocycles. The van der Waals surface area contributed by atoms with Crippen molar-refractivity contribution in [1.82, 2.24) is 9.78 Å². The van der Waals surface area contributed by atoms with Crippen LogP contribution >= 0.6 is 15.9 Å². The number of hydrogen-bond donors (Lipinski definition) is 2. The van der Waals surface area contributed by atoms with Gasteiger partial charge in [-0.2, -0.15) is 5.10 Å². The Morgan fingerprint density at radius 3 is 2.25 bits per heavy atom. The van der Waals surface area contributed by atoms with Gasteiger partial charge >= 0.3 is 0 Å². The Hall–Kier alpha value is -1.49. The average Bonchev–Trinajstić information content (AvgIpc) is 2.64. The monoisotopic (exact) mass is 336 g/mol. The van der Waals surface area contributed by atoms with Crippen LogP contribution in [0.4, 0.5) is 17.2 Å². The molecule has 5 heteroatoms. The molecule has 0 spiro atoms. The first-order valence-electron chi connectivity index (χ1n) is 6.67. The molecule has 20 heavy (non-hydrogen) atoms. The molecule has 0 saturated heterocycles. The van der Waals surface area contributed by atoms with Gasteiger partial charge in [-0.15, -0.1) is 0 Å². The number of hydrogen-bond acceptors (Lipinski definition) is 3. The fraction of sp³-hybridized carbons (Fsp3) is 0.400. The van der Waals surface area contributed by atoms with E-state index in [0.717, 1.165) is 27.4 Å². The Bertz CT molecular complexity index is 621. The lowest BCUT2D eigenvalue weighted by Crippen LogP contribution is -2.02. The molecule has 0 amide bonds. The predicted octanol–water partition coefficient (Wildman–Crippen LogP) is 4.25. The van der Waals surface area contributed by atoms with Gasteiger partial charge < -0.3 is 11.1 Å². The van der Waals surface area contributed by atoms with Gasteiger partial charge in [0.2, 0.25) is 0 Å². The van der Waals surface area contributed by atoms with E-state index in [2.05, 4.69) is 66.2 Å². The Kier molecular flexibility index (Phi) is 4.09. The SMILES string of the molecule is Cc1cc(Nc2c(N)c(C(C)C)nn2C)cc(C)c1Br. The predicted molar refractivity (Wildman–Crippen MR) is 88.6 cm³/mol. The van der Waals surface area contributed by atoms with Crippen LogP contribution in [0.15, 0.2) is 16.6 Å². The molecule has 0 fully saturated rings. The van der Waals surface area contributed by atoms with Crippen molar-refractivity contribution >= 4 is 33.1 Å². The Labute approximate surface area is 128 Å². The number of aryl methyl sites for hydroxylation is 3. The zero-order valence-electron chi connectivity index (χ0n) is 12.6. The molecular weight excluding hydrogens is 316 g/mol. The third-order valence-electron chi connectivity index (χ3n) is 3.36. The second-order valence-corrected chi connectivity index (χ2v) is 6.27. The first-order valence-corrected chi connectivity index (χ1v) is 7.46. The van der Waals surface area contributed by atoms with Crippen molar-refractivity contribution in [3.05, 3.63) is 33.4 Å². The summed E-state index contributed by atoms with van der Waals surface area (Å²) in [7, 11) is 1.91. The number of nitrogens with zero attached hydrogens (tertiary/aromatic N) is 2. The van der Waals surface area contributed by atoms with E-state index in [1.165, 1.54) is 11.1 Å². The minimum atomic E-state index is 0.310. The van der Waals surface area contributed by atoms with Gasteiger partial charge in [-0.05, 0) is 43.0 Å². The van der Waals surface area contributed by atoms with E-state index in [1.807, 2.05) is 7.05 Å². The molecule has 0 aliphatic heterocycles. The van der Waals surface area contributed by atoms with Crippen LogP contribution in [0.2, 0.25) is 0 Å². The first-order chi connectivity index (χ1) is 9.31. The fourth-order valence-electron chi connectivity index (χ4n) is 2.29. The van der Waals surface area contributed by atoms with Crippen LogP contribution in [0.25, 0.3) is 0 Å². The molecule has 108 valence electrons. The van der Waals surface area contributed by atoms with Gasteiger partial charge in [0.25, 0.3) is 0 Å². The molecule has 0 atom stereocenters. The van der Waals surface area contributed by atoms with E-state index < -0.39 is 0 Å². The molecule has 1 heterocycles. The number of nitrogens with two attached hydrogens (primary N) is 1. The van der Waals surface area contributed by atoms with Gasteiger partial charge in [-0.3, -0.25) is 4.68 Å². The summed E-state index contributed by atoms with van der Waals surface area (Å²) >= 11 is 3.58. The van der Waals surface area contributed by atoms with Gasteiger partial charge in [0.1, 0.15) is 0 Å². The number of halogens is 1. The average molecular weight is 337 g/mol. The molecular formula is C15H21BrN4. The van der Waals surface area contributed by atoms with Crippen molar-refractivity contribution in [2.24, 2.45) is 7.05 Å². The van der Waals surface area contributed by atoms with Crippen LogP contribution < -0.4 is 11.1 Å². The van der Waals surface area contributed by atoms with Crippen LogP contribution in [0.3, 0.4) is 0 Å². The zero-order chi connectivity index (χ0) is 15.0. The summed E-state index contributed by atoms with van der Waals surface area (Å²) in [6.07, 6.45) is 0. The summed E-state index contributed by atoms with van der Waals surface area (Å²) in [6, 6.07) is 4.19. The first kappa shape index (κ1) is 14.9. The van der Waals surface area contributed by atoms with Crippen LogP contribution in [0, 0.1) is 13.8 Å². The maximum atomic E-state index is 6.20. The molecule has 0 unspecified atom stereocenters. The quantitative estimate of drug-likeness (QED) is 0.880. The molecule has 2 aromatic rings. The molecule has 1 aromatic carbocycles. The van der Waals surface area contributed by atoms with Crippen molar-refractivity contribution in [2.75, 3.05) is 11.1 Å². The summed E-state index contributed by atoms with van der Waals surface area (Å²) in [5, 5.41) is 7.87. The van der Waals surface area contributed by atoms with Crippen molar-refractivity contribution in [2.45, 2.75) is 33.6 Å². The maximum Gasteiger partial charge on any atom is 0.152 e. The largest absolute Gasteiger partial charge is 0.394 e. The summed E-state index contributed by atoms with van der Waals surface area (Å²) < 4.78 is 2.95. The van der Waals surface area contributed by atoms with E-state index in [0.29, 0.717) is 5.92 Å². The van der Waals surface area contributed by atoms with Gasteiger partial charge in [0.15, 0.2) is 5.82 Å². The van der Waals surface area contributed by atoms with Gasteiger partial charge in [0, 0.05) is 17.2 Å². The van der Waals surface area contributed by atoms with Crippen molar-refractivity contribution < 1.29 is 0 Å². The number of anilines is 3. The number of rotatable bonds is 3. The molecule has 0 bridgehead atoms. The minimum absolute atomic E-state index is 0.310. The van der Waals surface area contributed by atoms with Gasteiger partial charge in [0.05, 0.1) is 11.4 Å². The van der Waals surface area contributed by atoms with E-state index in [9.17, 15) is 0 Å². The van der Waals surface area contributed by atoms with Crippen LogP contribution in [-0.4, -0.2) is 9.78 Å².